The highest BCUT2D eigenvalue weighted by Gasteiger charge is 2.54. The number of fused-ring (bicyclic) bond motifs is 3. The molecule has 2 unspecified atom stereocenters. The Balaban J connectivity index is 0.000000120. The molecular weight excluding hydrogens is 1100 g/mol. The van der Waals surface area contributed by atoms with E-state index >= 15 is 0 Å². The Labute approximate surface area is 499 Å². The Morgan fingerprint density at radius 1 is 0.419 bits per heavy atom. The zero-order valence-electron chi connectivity index (χ0n) is 48.6. The summed E-state index contributed by atoms with van der Waals surface area (Å²) in [5.74, 6) is -0.784. The number of amidine groups is 3. The van der Waals surface area contributed by atoms with E-state index in [1.54, 1.807) is 12.1 Å². The maximum Gasteiger partial charge on any atom is 0.289 e. The second-order valence-corrected chi connectivity index (χ2v) is 24.5. The fraction of sp³-hybridized carbons (Fsp3) is 0.426. The zero-order chi connectivity index (χ0) is 59.2. The number of likely N-dealkylation sites (tertiary alicyclic amines) is 2. The lowest BCUT2D eigenvalue weighted by Crippen LogP contribution is -2.57. The van der Waals surface area contributed by atoms with E-state index in [-0.39, 0.29) is 35.6 Å². The second-order valence-electron chi connectivity index (χ2n) is 24.5. The fourth-order valence-corrected chi connectivity index (χ4v) is 14.2. The third-order valence-corrected chi connectivity index (χ3v) is 18.8. The molecule has 9 atom stereocenters. The highest BCUT2D eigenvalue weighted by atomic mass is 19.2. The maximum absolute atomic E-state index is 14.9. The Bertz CT molecular complexity index is 3330. The Morgan fingerprint density at radius 2 is 0.744 bits per heavy atom. The summed E-state index contributed by atoms with van der Waals surface area (Å²) in [4.78, 5) is 24.5. The number of ether oxygens (including phenoxy) is 3. The zero-order valence-corrected chi connectivity index (χ0v) is 48.6. The maximum atomic E-state index is 14.9. The molecule has 450 valence electrons. The van der Waals surface area contributed by atoms with Crippen molar-refractivity contribution in [3.05, 3.63) is 213 Å². The SMILES string of the molecule is CN1CC[C@@H](F)[C@]2(CN=C(N3CCc4ccccc4[C@@H]3c3ccc(F)cc3)O2)C1.CN1CC[C@H](F)[C@]2(CN=C(N3CCc4ccccc4[C@@H]3c3ccc(F)cc3)O2)C1.Fc1ccc([C@H]2c3ccccc3CCN2C2=NCC3(CNCCC3F)O2)cc1. The van der Waals surface area contributed by atoms with Crippen LogP contribution in [0.2, 0.25) is 0 Å². The lowest BCUT2D eigenvalue weighted by molar-refractivity contribution is -0.0604. The molecule has 18 heteroatoms. The smallest absolute Gasteiger partial charge is 0.289 e. The summed E-state index contributed by atoms with van der Waals surface area (Å²) in [5.41, 5.74) is 7.52. The van der Waals surface area contributed by atoms with Crippen molar-refractivity contribution in [3.8, 4) is 0 Å². The molecule has 0 amide bonds. The van der Waals surface area contributed by atoms with Crippen LogP contribution in [0.5, 0.6) is 0 Å². The molecule has 0 radical (unpaired) electrons. The average molecular weight is 1180 g/mol. The molecule has 9 heterocycles. The van der Waals surface area contributed by atoms with Crippen LogP contribution in [0.15, 0.2) is 161 Å². The number of alkyl halides is 3. The molecule has 6 aromatic rings. The molecule has 12 nitrogen and oxygen atoms in total. The number of rotatable bonds is 3. The molecule has 0 saturated carbocycles. The first-order valence-electron chi connectivity index (χ1n) is 30.3. The van der Waals surface area contributed by atoms with E-state index in [9.17, 15) is 26.3 Å². The Morgan fingerprint density at radius 3 is 1.10 bits per heavy atom. The van der Waals surface area contributed by atoms with E-state index < -0.39 is 35.3 Å². The third-order valence-electron chi connectivity index (χ3n) is 18.8. The van der Waals surface area contributed by atoms with Gasteiger partial charge in [0.25, 0.3) is 18.1 Å². The first kappa shape index (κ1) is 57.7. The topological polar surface area (TPSA) is 93.0 Å². The molecule has 3 spiro atoms. The monoisotopic (exact) mass is 1180 g/mol. The molecule has 9 aliphatic heterocycles. The van der Waals surface area contributed by atoms with Crippen molar-refractivity contribution in [2.24, 2.45) is 15.0 Å². The van der Waals surface area contributed by atoms with Gasteiger partial charge in [-0.1, -0.05) is 109 Å². The molecule has 1 N–H and O–H groups in total. The molecule has 3 fully saturated rings. The van der Waals surface area contributed by atoms with E-state index in [4.69, 9.17) is 14.2 Å². The van der Waals surface area contributed by atoms with Gasteiger partial charge in [-0.15, -0.1) is 0 Å². The van der Waals surface area contributed by atoms with Gasteiger partial charge in [-0.05, 0) is 146 Å². The Kier molecular flexibility index (Phi) is 16.1. The molecule has 6 aromatic carbocycles. The minimum Gasteiger partial charge on any atom is -0.452 e. The van der Waals surface area contributed by atoms with Crippen molar-refractivity contribution < 1.29 is 40.6 Å². The molecular formula is C68H73F6N9O3. The van der Waals surface area contributed by atoms with Crippen molar-refractivity contribution in [1.82, 2.24) is 29.8 Å². The van der Waals surface area contributed by atoms with Crippen LogP contribution in [0.4, 0.5) is 26.3 Å². The summed E-state index contributed by atoms with van der Waals surface area (Å²) in [7, 11) is 3.99. The molecule has 0 aromatic heterocycles. The fourth-order valence-electron chi connectivity index (χ4n) is 14.2. The van der Waals surface area contributed by atoms with Gasteiger partial charge in [0.1, 0.15) is 36.0 Å². The normalized spacial score (nSPS) is 29.4. The van der Waals surface area contributed by atoms with Gasteiger partial charge in [-0.3, -0.25) is 0 Å². The first-order chi connectivity index (χ1) is 41.8. The van der Waals surface area contributed by atoms with Crippen LogP contribution < -0.4 is 5.32 Å². The molecule has 3 saturated heterocycles. The van der Waals surface area contributed by atoms with Crippen LogP contribution in [0.3, 0.4) is 0 Å². The minimum atomic E-state index is -1.03. The summed E-state index contributed by atoms with van der Waals surface area (Å²) >= 11 is 0. The highest BCUT2D eigenvalue weighted by molar-refractivity contribution is 5.80. The van der Waals surface area contributed by atoms with E-state index in [0.717, 1.165) is 85.4 Å². The second kappa shape index (κ2) is 24.0. The van der Waals surface area contributed by atoms with Crippen LogP contribution in [0.1, 0.15) is 87.5 Å². The average Bonchev–Trinajstić information content (AvgIpc) is 1.75. The molecule has 0 aliphatic carbocycles. The number of nitrogens with one attached hydrogen (secondary N) is 1. The molecule has 9 aliphatic rings. The van der Waals surface area contributed by atoms with Gasteiger partial charge in [0.05, 0.1) is 37.8 Å². The van der Waals surface area contributed by atoms with Crippen LogP contribution >= 0.6 is 0 Å². The summed E-state index contributed by atoms with van der Waals surface area (Å²) < 4.78 is 104. The van der Waals surface area contributed by atoms with Crippen molar-refractivity contribution in [2.45, 2.75) is 92.0 Å². The molecule has 86 heavy (non-hydrogen) atoms. The number of halogens is 6. The number of hydrogen-bond acceptors (Lipinski definition) is 12. The quantitative estimate of drug-likeness (QED) is 0.174. The van der Waals surface area contributed by atoms with Crippen LogP contribution in [0.25, 0.3) is 0 Å². The molecule has 0 bridgehead atoms. The number of likely N-dealkylation sites (N-methyl/N-ethyl adjacent to an activating group) is 2. The van der Waals surface area contributed by atoms with Gasteiger partial charge >= 0.3 is 0 Å². The van der Waals surface area contributed by atoms with E-state index in [1.807, 2.05) is 74.8 Å². The minimum absolute atomic E-state index is 0.130. The van der Waals surface area contributed by atoms with Crippen molar-refractivity contribution in [3.63, 3.8) is 0 Å². The van der Waals surface area contributed by atoms with E-state index in [0.29, 0.717) is 83.1 Å². The van der Waals surface area contributed by atoms with Crippen molar-refractivity contribution >= 4 is 18.1 Å². The van der Waals surface area contributed by atoms with Gasteiger partial charge < -0.3 is 44.0 Å². The highest BCUT2D eigenvalue weighted by Crippen LogP contribution is 2.43. The number of benzene rings is 6. The van der Waals surface area contributed by atoms with Crippen LogP contribution in [0, 0.1) is 17.5 Å². The molecule has 15 rings (SSSR count). The van der Waals surface area contributed by atoms with E-state index in [2.05, 4.69) is 81.2 Å². The number of hydrogen-bond donors (Lipinski definition) is 1. The van der Waals surface area contributed by atoms with Gasteiger partial charge in [-0.25, -0.2) is 41.3 Å². The predicted molar refractivity (Wildman–Crippen MR) is 320 cm³/mol. The number of piperidine rings is 3. The van der Waals surface area contributed by atoms with Gasteiger partial charge in [0.15, 0.2) is 16.8 Å². The summed E-state index contributed by atoms with van der Waals surface area (Å²) in [6.07, 6.45) is 0.865. The lowest BCUT2D eigenvalue weighted by Gasteiger charge is -2.42. The number of nitrogens with zero attached hydrogens (tertiary/aromatic N) is 8. The Hall–Kier alpha value is -7.41. The van der Waals surface area contributed by atoms with Crippen LogP contribution in [-0.4, -0.2) is 171 Å². The largest absolute Gasteiger partial charge is 0.452 e. The van der Waals surface area contributed by atoms with Gasteiger partial charge in [0, 0.05) is 52.4 Å². The summed E-state index contributed by atoms with van der Waals surface area (Å²) in [5, 5.41) is 3.24. The summed E-state index contributed by atoms with van der Waals surface area (Å²) in [6, 6.07) is 45.7. The first-order valence-corrected chi connectivity index (χ1v) is 30.3. The predicted octanol–water partition coefficient (Wildman–Crippen LogP) is 10.4. The van der Waals surface area contributed by atoms with Crippen molar-refractivity contribution in [2.75, 3.05) is 92.6 Å². The van der Waals surface area contributed by atoms with E-state index in [1.165, 1.54) is 53.1 Å². The van der Waals surface area contributed by atoms with Crippen LogP contribution in [-0.2, 0) is 33.5 Å². The summed E-state index contributed by atoms with van der Waals surface area (Å²) in [6.45, 7) is 6.83. The standard InChI is InChI=1S/2C23H25F2N3O.C22H23F2N3O/c2*1-27-12-11-20(25)23(15-27)14-26-22(29-23)28-13-10-16-4-2-3-5-19(16)21(28)17-6-8-18(24)9-7-17;23-17-7-5-16(6-8-17)20-18-4-2-1-3-15(18)10-12-27(20)21-26-14-22(28-21)13-25-11-9-19(22)24/h2*2-9,20-21H,10-15H2,1H3;1-8,19-20,25H,9-14H2/t20-,21+,23+;20-,21-,23-;19?,20-,22?/m100/s1. The third kappa shape index (κ3) is 11.2. The number of aliphatic imine (C=N–C) groups is 3. The lowest BCUT2D eigenvalue weighted by atomic mass is 9.88. The van der Waals surface area contributed by atoms with Gasteiger partial charge in [-0.2, -0.15) is 0 Å². The van der Waals surface area contributed by atoms with Crippen molar-refractivity contribution in [1.29, 1.82) is 0 Å². The van der Waals surface area contributed by atoms with Gasteiger partial charge in [0.2, 0.25) is 0 Å².